The molecule has 1 aliphatic heterocycles. The van der Waals surface area contributed by atoms with Gasteiger partial charge < -0.3 is 28.2 Å². The second kappa shape index (κ2) is 16.7. The Hall–Kier alpha value is -1.97. The zero-order valence-corrected chi connectivity index (χ0v) is 22.5. The number of nitrogens with zero attached hydrogens (tertiary/aromatic N) is 1. The zero-order chi connectivity index (χ0) is 26.3. The maximum atomic E-state index is 12.4. The van der Waals surface area contributed by atoms with E-state index in [0.717, 1.165) is 23.9 Å². The van der Waals surface area contributed by atoms with Crippen LogP contribution in [-0.2, 0) is 38.1 Å². The van der Waals surface area contributed by atoms with Crippen LogP contribution in [0.3, 0.4) is 0 Å². The van der Waals surface area contributed by atoms with E-state index < -0.39 is 42.5 Å². The lowest BCUT2D eigenvalue weighted by Crippen LogP contribution is -2.58. The van der Waals surface area contributed by atoms with E-state index in [0.29, 0.717) is 25.9 Å². The lowest BCUT2D eigenvalue weighted by Gasteiger charge is -2.40. The fourth-order valence-electron chi connectivity index (χ4n) is 3.82. The number of unbranched alkanes of at least 4 members (excludes halogenated alkanes) is 1. The summed E-state index contributed by atoms with van der Waals surface area (Å²) in [5.74, 6) is -1.31. The summed E-state index contributed by atoms with van der Waals surface area (Å²) in [6.07, 6.45) is 4.50. The summed E-state index contributed by atoms with van der Waals surface area (Å²) in [7, 11) is 4.26. The highest BCUT2D eigenvalue weighted by atomic mass is 16.7. The van der Waals surface area contributed by atoms with E-state index in [1.54, 1.807) is 0 Å². The molecule has 2 unspecified atom stereocenters. The molecule has 9 heteroatoms. The molecule has 1 rings (SSSR count). The first kappa shape index (κ1) is 31.1. The molecule has 0 N–H and O–H groups in total. The Morgan fingerprint density at radius 1 is 0.857 bits per heavy atom. The van der Waals surface area contributed by atoms with Gasteiger partial charge in [-0.3, -0.25) is 14.4 Å². The SMILES string of the molecule is C/C=C\[N+](C)(C)CCCCOC1OC[C@@H](OC(=O)CCC)C(OC(=O)CCC)[C@H]1OC(=O)CCC. The van der Waals surface area contributed by atoms with Crippen LogP contribution >= 0.6 is 0 Å². The number of ether oxygens (including phenoxy) is 5. The first-order chi connectivity index (χ1) is 16.7. The van der Waals surface area contributed by atoms with Gasteiger partial charge in [-0.15, -0.1) is 0 Å². The number of rotatable bonds is 16. The molecule has 1 fully saturated rings. The minimum Gasteiger partial charge on any atom is -0.456 e. The van der Waals surface area contributed by atoms with Crippen LogP contribution in [0.25, 0.3) is 0 Å². The number of hydrogen-bond donors (Lipinski definition) is 0. The van der Waals surface area contributed by atoms with Crippen molar-refractivity contribution in [3.8, 4) is 0 Å². The zero-order valence-electron chi connectivity index (χ0n) is 22.5. The number of esters is 3. The second-order valence-electron chi connectivity index (χ2n) is 9.45. The molecule has 0 aliphatic carbocycles. The topological polar surface area (TPSA) is 97.4 Å². The summed E-state index contributed by atoms with van der Waals surface area (Å²) < 4.78 is 29.5. The van der Waals surface area contributed by atoms with Gasteiger partial charge in [0.2, 0.25) is 0 Å². The van der Waals surface area contributed by atoms with Gasteiger partial charge in [-0.25, -0.2) is 0 Å². The van der Waals surface area contributed by atoms with Gasteiger partial charge in [-0.1, -0.05) is 20.8 Å². The van der Waals surface area contributed by atoms with Crippen molar-refractivity contribution >= 4 is 17.9 Å². The van der Waals surface area contributed by atoms with Crippen LogP contribution < -0.4 is 0 Å². The Labute approximate surface area is 210 Å². The summed E-state index contributed by atoms with van der Waals surface area (Å²) >= 11 is 0. The van der Waals surface area contributed by atoms with Gasteiger partial charge in [0.25, 0.3) is 0 Å². The Kier molecular flexibility index (Phi) is 14.8. The highest BCUT2D eigenvalue weighted by molar-refractivity contribution is 5.71. The molecule has 35 heavy (non-hydrogen) atoms. The summed E-state index contributed by atoms with van der Waals surface area (Å²) in [6, 6.07) is 0. The first-order valence-electron chi connectivity index (χ1n) is 13.0. The summed E-state index contributed by atoms with van der Waals surface area (Å²) in [6.45, 7) is 8.92. The van der Waals surface area contributed by atoms with Crippen LogP contribution in [0.1, 0.15) is 79.1 Å². The number of carbonyl (C=O) groups excluding carboxylic acids is 3. The molecule has 0 aromatic carbocycles. The minimum atomic E-state index is -1.03. The molecule has 0 radical (unpaired) electrons. The Morgan fingerprint density at radius 2 is 1.40 bits per heavy atom. The number of hydrogen-bond acceptors (Lipinski definition) is 8. The third-order valence-corrected chi connectivity index (χ3v) is 5.53. The normalized spacial score (nSPS) is 22.7. The Morgan fingerprint density at radius 3 is 1.94 bits per heavy atom. The standard InChI is InChI=1S/C26H46NO8/c1-7-13-21(28)33-20-19-32-26(31-18-12-11-17-27(5,6)16-10-4)25(35-23(30)15-9-3)24(20)34-22(29)14-8-2/h10,16,20,24-26H,7-9,11-15,17-19H2,1-6H3/q+1/b16-10-/t20-,24?,25-,26?/m1/s1. The van der Waals surface area contributed by atoms with E-state index >= 15 is 0 Å². The molecular weight excluding hydrogens is 454 g/mol. The molecule has 0 aromatic heterocycles. The summed E-state index contributed by atoms with van der Waals surface area (Å²) in [5, 5.41) is 0. The predicted molar refractivity (Wildman–Crippen MR) is 131 cm³/mol. The van der Waals surface area contributed by atoms with Gasteiger partial charge in [0.1, 0.15) is 0 Å². The van der Waals surface area contributed by atoms with Crippen molar-refractivity contribution in [3.05, 3.63) is 12.3 Å². The van der Waals surface area contributed by atoms with Crippen LogP contribution in [0, 0.1) is 0 Å². The van der Waals surface area contributed by atoms with Crippen LogP contribution in [-0.4, -0.2) is 80.8 Å². The van der Waals surface area contributed by atoms with Crippen LogP contribution in [0.5, 0.6) is 0 Å². The van der Waals surface area contributed by atoms with Gasteiger partial charge in [0.05, 0.1) is 40.1 Å². The fourth-order valence-corrected chi connectivity index (χ4v) is 3.82. The number of quaternary nitrogens is 1. The van der Waals surface area contributed by atoms with E-state index in [1.807, 2.05) is 33.8 Å². The van der Waals surface area contributed by atoms with Crippen molar-refractivity contribution in [2.24, 2.45) is 0 Å². The van der Waals surface area contributed by atoms with Crippen molar-refractivity contribution < 1.29 is 42.6 Å². The van der Waals surface area contributed by atoms with E-state index in [2.05, 4.69) is 20.3 Å². The lowest BCUT2D eigenvalue weighted by atomic mass is 10.0. The average Bonchev–Trinajstić information content (AvgIpc) is 2.77. The predicted octanol–water partition coefficient (Wildman–Crippen LogP) is 3.89. The third-order valence-electron chi connectivity index (χ3n) is 5.53. The molecular formula is C26H46NO8+. The van der Waals surface area contributed by atoms with Gasteiger partial charge in [0, 0.05) is 19.3 Å². The number of allylic oxidation sites excluding steroid dienone is 1. The van der Waals surface area contributed by atoms with Gasteiger partial charge in [0.15, 0.2) is 24.6 Å². The maximum absolute atomic E-state index is 12.4. The molecule has 0 amide bonds. The first-order valence-corrected chi connectivity index (χ1v) is 13.0. The molecule has 1 heterocycles. The van der Waals surface area contributed by atoms with Crippen molar-refractivity contribution in [2.75, 3.05) is 33.9 Å². The highest BCUT2D eigenvalue weighted by Crippen LogP contribution is 2.26. The summed E-state index contributed by atoms with van der Waals surface area (Å²) in [4.78, 5) is 37.0. The van der Waals surface area contributed by atoms with Crippen LogP contribution in [0.4, 0.5) is 0 Å². The van der Waals surface area contributed by atoms with Crippen LogP contribution in [0.2, 0.25) is 0 Å². The molecule has 0 bridgehead atoms. The van der Waals surface area contributed by atoms with E-state index in [-0.39, 0.29) is 25.9 Å². The molecule has 202 valence electrons. The molecule has 0 saturated carbocycles. The number of carbonyl (C=O) groups is 3. The maximum Gasteiger partial charge on any atom is 0.306 e. The van der Waals surface area contributed by atoms with Gasteiger partial charge in [-0.2, -0.15) is 0 Å². The smallest absolute Gasteiger partial charge is 0.306 e. The molecule has 0 spiro atoms. The summed E-state index contributed by atoms with van der Waals surface area (Å²) in [5.41, 5.74) is 0. The second-order valence-corrected chi connectivity index (χ2v) is 9.45. The molecule has 1 saturated heterocycles. The van der Waals surface area contributed by atoms with Crippen molar-refractivity contribution in [3.63, 3.8) is 0 Å². The van der Waals surface area contributed by atoms with Gasteiger partial charge in [-0.05, 0) is 45.1 Å². The monoisotopic (exact) mass is 500 g/mol. The van der Waals surface area contributed by atoms with Crippen molar-refractivity contribution in [1.29, 1.82) is 0 Å². The Balaban J connectivity index is 2.94. The van der Waals surface area contributed by atoms with E-state index in [9.17, 15) is 14.4 Å². The average molecular weight is 501 g/mol. The lowest BCUT2D eigenvalue weighted by molar-refractivity contribution is -0.839. The molecule has 1 aliphatic rings. The fraction of sp³-hybridized carbons (Fsp3) is 0.808. The van der Waals surface area contributed by atoms with Gasteiger partial charge >= 0.3 is 17.9 Å². The van der Waals surface area contributed by atoms with E-state index in [4.69, 9.17) is 23.7 Å². The quantitative estimate of drug-likeness (QED) is 0.136. The van der Waals surface area contributed by atoms with Crippen molar-refractivity contribution in [2.45, 2.75) is 104 Å². The molecule has 9 nitrogen and oxygen atoms in total. The molecule has 0 aromatic rings. The van der Waals surface area contributed by atoms with E-state index in [1.165, 1.54) is 0 Å². The van der Waals surface area contributed by atoms with Crippen molar-refractivity contribution in [1.82, 2.24) is 0 Å². The Bertz CT molecular complexity index is 678. The van der Waals surface area contributed by atoms with Crippen LogP contribution in [0.15, 0.2) is 12.3 Å². The largest absolute Gasteiger partial charge is 0.456 e. The molecule has 4 atom stereocenters. The third kappa shape index (κ3) is 12.0. The minimum absolute atomic E-state index is 0.0166. The highest BCUT2D eigenvalue weighted by Gasteiger charge is 2.48.